The van der Waals surface area contributed by atoms with E-state index >= 15 is 0 Å². The Morgan fingerprint density at radius 2 is 1.94 bits per heavy atom. The third kappa shape index (κ3) is 5.48. The SMILES string of the molecule is O=C(NCC1C2CN(CC(=O)N3CCCC(O)C3)CC12)c1cccc(OC(F)(F)F)c1. The lowest BCUT2D eigenvalue weighted by Crippen LogP contribution is -2.46. The number of benzene rings is 1. The molecule has 31 heavy (non-hydrogen) atoms. The number of aliphatic hydroxyl groups excluding tert-OH is 1. The molecule has 3 aliphatic rings. The molecule has 3 atom stereocenters. The molecule has 0 aromatic heterocycles. The maximum atomic E-state index is 12.4. The number of piperidine rings is 2. The number of hydrogen-bond donors (Lipinski definition) is 2. The third-order valence-electron chi connectivity index (χ3n) is 6.38. The van der Waals surface area contributed by atoms with Gasteiger partial charge in [0, 0.05) is 38.3 Å². The van der Waals surface area contributed by atoms with Crippen molar-refractivity contribution < 1.29 is 32.6 Å². The van der Waals surface area contributed by atoms with E-state index in [-0.39, 0.29) is 11.5 Å². The number of carbonyl (C=O) groups excluding carboxylic acids is 2. The van der Waals surface area contributed by atoms with E-state index in [2.05, 4.69) is 15.0 Å². The molecule has 3 unspecified atom stereocenters. The molecule has 2 aliphatic heterocycles. The van der Waals surface area contributed by atoms with Gasteiger partial charge >= 0.3 is 6.36 Å². The lowest BCUT2D eigenvalue weighted by molar-refractivity contribution is -0.274. The molecule has 3 fully saturated rings. The maximum Gasteiger partial charge on any atom is 0.573 e. The number of amides is 2. The molecule has 1 saturated carbocycles. The molecule has 2 saturated heterocycles. The second-order valence-corrected chi connectivity index (χ2v) is 8.61. The number of likely N-dealkylation sites (tertiary alicyclic amines) is 2. The van der Waals surface area contributed by atoms with Gasteiger partial charge < -0.3 is 20.1 Å². The maximum absolute atomic E-state index is 12.4. The number of carbonyl (C=O) groups is 2. The molecule has 0 spiro atoms. The molecule has 2 amide bonds. The van der Waals surface area contributed by atoms with E-state index in [9.17, 15) is 27.9 Å². The van der Waals surface area contributed by atoms with Crippen molar-refractivity contribution in [3.8, 4) is 5.75 Å². The van der Waals surface area contributed by atoms with Crippen LogP contribution < -0.4 is 10.1 Å². The molecule has 1 aromatic carbocycles. The largest absolute Gasteiger partial charge is 0.573 e. The topological polar surface area (TPSA) is 82.1 Å². The van der Waals surface area contributed by atoms with Crippen molar-refractivity contribution in [1.82, 2.24) is 15.1 Å². The van der Waals surface area contributed by atoms with E-state index in [0.29, 0.717) is 43.9 Å². The fourth-order valence-corrected chi connectivity index (χ4v) is 4.79. The van der Waals surface area contributed by atoms with Gasteiger partial charge in [-0.1, -0.05) is 6.07 Å². The van der Waals surface area contributed by atoms with Crippen molar-refractivity contribution >= 4 is 11.8 Å². The average Bonchev–Trinajstić information content (AvgIpc) is 3.15. The first-order valence-electron chi connectivity index (χ1n) is 10.5. The number of halogens is 3. The number of β-amino-alcohol motifs (C(OH)–C–C–N with tert-alkyl or cyclic N) is 1. The molecule has 10 heteroatoms. The summed E-state index contributed by atoms with van der Waals surface area (Å²) in [6, 6.07) is 5.01. The van der Waals surface area contributed by atoms with Crippen molar-refractivity contribution in [1.29, 1.82) is 0 Å². The molecule has 2 heterocycles. The minimum absolute atomic E-state index is 0.0471. The summed E-state index contributed by atoms with van der Waals surface area (Å²) in [5.74, 6) is 0.339. The summed E-state index contributed by atoms with van der Waals surface area (Å²) in [5.41, 5.74) is 0.114. The zero-order valence-corrected chi connectivity index (χ0v) is 17.0. The van der Waals surface area contributed by atoms with Crippen LogP contribution in [0.1, 0.15) is 23.2 Å². The number of rotatable bonds is 6. The number of ether oxygens (including phenoxy) is 1. The van der Waals surface area contributed by atoms with E-state index in [0.717, 1.165) is 38.1 Å². The quantitative estimate of drug-likeness (QED) is 0.699. The van der Waals surface area contributed by atoms with E-state index in [1.54, 1.807) is 4.90 Å². The number of fused-ring (bicyclic) bond motifs is 1. The van der Waals surface area contributed by atoms with E-state index < -0.39 is 24.1 Å². The second kappa shape index (κ2) is 8.66. The Balaban J connectivity index is 1.19. The van der Waals surface area contributed by atoms with Crippen LogP contribution in [0.25, 0.3) is 0 Å². The monoisotopic (exact) mass is 441 g/mol. The first-order valence-corrected chi connectivity index (χ1v) is 10.5. The van der Waals surface area contributed by atoms with Crippen LogP contribution in [0.15, 0.2) is 24.3 Å². The number of hydrogen-bond acceptors (Lipinski definition) is 5. The van der Waals surface area contributed by atoms with Crippen LogP contribution in [0, 0.1) is 17.8 Å². The zero-order chi connectivity index (χ0) is 22.2. The van der Waals surface area contributed by atoms with Crippen molar-refractivity contribution in [2.24, 2.45) is 17.8 Å². The van der Waals surface area contributed by atoms with E-state index in [4.69, 9.17) is 0 Å². The summed E-state index contributed by atoms with van der Waals surface area (Å²) in [5, 5.41) is 12.5. The van der Waals surface area contributed by atoms with Gasteiger partial charge in [-0.3, -0.25) is 14.5 Å². The number of alkyl halides is 3. The lowest BCUT2D eigenvalue weighted by Gasteiger charge is -2.31. The Morgan fingerprint density at radius 3 is 2.61 bits per heavy atom. The van der Waals surface area contributed by atoms with Gasteiger partial charge in [0.2, 0.25) is 5.91 Å². The van der Waals surface area contributed by atoms with Gasteiger partial charge in [0.1, 0.15) is 5.75 Å². The molecule has 170 valence electrons. The minimum Gasteiger partial charge on any atom is -0.406 e. The molecule has 2 N–H and O–H groups in total. The number of aliphatic hydroxyl groups is 1. The highest BCUT2D eigenvalue weighted by Crippen LogP contribution is 2.51. The molecule has 1 aliphatic carbocycles. The predicted octanol–water partition coefficient (Wildman–Crippen LogP) is 1.48. The van der Waals surface area contributed by atoms with Gasteiger partial charge in [-0.2, -0.15) is 0 Å². The van der Waals surface area contributed by atoms with Crippen LogP contribution in [0.2, 0.25) is 0 Å². The molecule has 1 aromatic rings. The van der Waals surface area contributed by atoms with Crippen LogP contribution >= 0.6 is 0 Å². The summed E-state index contributed by atoms with van der Waals surface area (Å²) in [4.78, 5) is 28.6. The number of nitrogens with one attached hydrogen (secondary N) is 1. The van der Waals surface area contributed by atoms with Crippen LogP contribution in [-0.2, 0) is 4.79 Å². The Bertz CT molecular complexity index is 822. The van der Waals surface area contributed by atoms with Crippen LogP contribution in [0.3, 0.4) is 0 Å². The minimum atomic E-state index is -4.80. The van der Waals surface area contributed by atoms with Gasteiger partial charge in [-0.25, -0.2) is 0 Å². The van der Waals surface area contributed by atoms with Crippen molar-refractivity contribution in [3.63, 3.8) is 0 Å². The molecule has 4 rings (SSSR count). The first-order chi connectivity index (χ1) is 14.7. The summed E-state index contributed by atoms with van der Waals surface area (Å²) in [7, 11) is 0. The molecular formula is C21H26F3N3O4. The average molecular weight is 441 g/mol. The highest BCUT2D eigenvalue weighted by molar-refractivity contribution is 5.94. The Labute approximate surface area is 178 Å². The van der Waals surface area contributed by atoms with E-state index in [1.807, 2.05) is 0 Å². The fraction of sp³-hybridized carbons (Fsp3) is 0.619. The predicted molar refractivity (Wildman–Crippen MR) is 104 cm³/mol. The van der Waals surface area contributed by atoms with Crippen molar-refractivity contribution in [3.05, 3.63) is 29.8 Å². The highest BCUT2D eigenvalue weighted by Gasteiger charge is 2.55. The summed E-state index contributed by atoms with van der Waals surface area (Å²) in [6.07, 6.45) is -3.67. The molecular weight excluding hydrogens is 415 g/mol. The first kappa shape index (κ1) is 21.9. The molecule has 7 nitrogen and oxygen atoms in total. The zero-order valence-electron chi connectivity index (χ0n) is 17.0. The van der Waals surface area contributed by atoms with Gasteiger partial charge in [0.25, 0.3) is 5.91 Å². The van der Waals surface area contributed by atoms with Crippen molar-refractivity contribution in [2.45, 2.75) is 25.3 Å². The standard InChI is InChI=1S/C21H26F3N3O4/c22-21(23,24)31-15-5-1-3-13(7-15)20(30)25-8-16-17-10-26(11-18(16)17)12-19(29)27-6-2-4-14(28)9-27/h1,3,5,7,14,16-18,28H,2,4,6,8-12H2,(H,25,30). The highest BCUT2D eigenvalue weighted by atomic mass is 19.4. The smallest absolute Gasteiger partial charge is 0.406 e. The van der Waals surface area contributed by atoms with E-state index in [1.165, 1.54) is 12.1 Å². The van der Waals surface area contributed by atoms with Crippen LogP contribution in [0.5, 0.6) is 5.75 Å². The van der Waals surface area contributed by atoms with Crippen LogP contribution in [0.4, 0.5) is 13.2 Å². The lowest BCUT2D eigenvalue weighted by atomic mass is 10.1. The van der Waals surface area contributed by atoms with Gasteiger partial charge in [-0.05, 0) is 48.8 Å². The molecule has 0 bridgehead atoms. The van der Waals surface area contributed by atoms with Gasteiger partial charge in [0.05, 0.1) is 12.6 Å². The Morgan fingerprint density at radius 1 is 1.19 bits per heavy atom. The second-order valence-electron chi connectivity index (χ2n) is 8.61. The van der Waals surface area contributed by atoms with Gasteiger partial charge in [0.15, 0.2) is 0 Å². The normalized spacial score (nSPS) is 28.2. The third-order valence-corrected chi connectivity index (χ3v) is 6.38. The molecule has 0 radical (unpaired) electrons. The van der Waals surface area contributed by atoms with Crippen molar-refractivity contribution in [2.75, 3.05) is 39.3 Å². The van der Waals surface area contributed by atoms with Gasteiger partial charge in [-0.15, -0.1) is 13.2 Å². The van der Waals surface area contributed by atoms with Crippen LogP contribution in [-0.4, -0.2) is 78.5 Å². The number of nitrogens with zero attached hydrogens (tertiary/aromatic N) is 2. The summed E-state index contributed by atoms with van der Waals surface area (Å²) in [6.45, 7) is 3.50. The fourth-order valence-electron chi connectivity index (χ4n) is 4.79. The summed E-state index contributed by atoms with van der Waals surface area (Å²) < 4.78 is 40.9. The Hall–Kier alpha value is -2.33. The summed E-state index contributed by atoms with van der Waals surface area (Å²) >= 11 is 0. The Kier molecular flexibility index (Phi) is 6.11.